The molecule has 0 radical (unpaired) electrons. The van der Waals surface area contributed by atoms with Crippen molar-refractivity contribution >= 4 is 5.91 Å². The summed E-state index contributed by atoms with van der Waals surface area (Å²) in [6, 6.07) is 0.0636. The van der Waals surface area contributed by atoms with Crippen molar-refractivity contribution in [3.8, 4) is 0 Å². The number of nitrogens with one attached hydrogen (secondary N) is 1. The number of carbonyl (C=O) groups excluding carboxylic acids is 1. The predicted molar refractivity (Wildman–Crippen MR) is 64.9 cm³/mol. The van der Waals surface area contributed by atoms with Crippen LogP contribution < -0.4 is 5.32 Å². The molecule has 92 valence electrons. The zero-order chi connectivity index (χ0) is 11.7. The molecular formula is C13H24N2O. The van der Waals surface area contributed by atoms with E-state index in [1.165, 1.54) is 12.8 Å². The zero-order valence-electron chi connectivity index (χ0n) is 10.7. The summed E-state index contributed by atoms with van der Waals surface area (Å²) in [5, 5.41) is 3.50. The molecule has 1 amide bonds. The van der Waals surface area contributed by atoms with Gasteiger partial charge in [-0.1, -0.05) is 27.2 Å². The number of nitrogens with zero attached hydrogens (tertiary/aromatic N) is 1. The summed E-state index contributed by atoms with van der Waals surface area (Å²) < 4.78 is 0. The van der Waals surface area contributed by atoms with Gasteiger partial charge in [-0.3, -0.25) is 10.1 Å². The van der Waals surface area contributed by atoms with E-state index in [9.17, 15) is 4.79 Å². The minimum atomic E-state index is 0.0636. The smallest absolute Gasteiger partial charge is 0.241 e. The van der Waals surface area contributed by atoms with E-state index in [0.717, 1.165) is 25.3 Å². The second-order valence-corrected chi connectivity index (χ2v) is 5.39. The van der Waals surface area contributed by atoms with Crippen LogP contribution in [-0.4, -0.2) is 29.6 Å². The van der Waals surface area contributed by atoms with Gasteiger partial charge in [-0.2, -0.15) is 0 Å². The first-order chi connectivity index (χ1) is 7.67. The van der Waals surface area contributed by atoms with Crippen LogP contribution >= 0.6 is 0 Å². The van der Waals surface area contributed by atoms with Gasteiger partial charge in [0.2, 0.25) is 5.91 Å². The Labute approximate surface area is 98.6 Å². The highest BCUT2D eigenvalue weighted by Crippen LogP contribution is 2.32. The summed E-state index contributed by atoms with van der Waals surface area (Å²) in [4.78, 5) is 14.4. The molecule has 0 aromatic carbocycles. The van der Waals surface area contributed by atoms with E-state index >= 15 is 0 Å². The fourth-order valence-electron chi connectivity index (χ4n) is 2.48. The lowest BCUT2D eigenvalue weighted by molar-refractivity contribution is -0.131. The van der Waals surface area contributed by atoms with Gasteiger partial charge in [0.25, 0.3) is 0 Å². The SMILES string of the molecule is CCC(C)C1NC(CC)N(CC2CC2)C1=O. The highest BCUT2D eigenvalue weighted by atomic mass is 16.2. The summed E-state index contributed by atoms with van der Waals surface area (Å²) in [6.07, 6.45) is 5.00. The molecule has 1 saturated heterocycles. The summed E-state index contributed by atoms with van der Waals surface area (Å²) >= 11 is 0. The molecule has 1 aliphatic heterocycles. The number of hydrogen-bond acceptors (Lipinski definition) is 2. The van der Waals surface area contributed by atoms with Crippen LogP contribution in [0.3, 0.4) is 0 Å². The van der Waals surface area contributed by atoms with Crippen molar-refractivity contribution in [3.05, 3.63) is 0 Å². The number of rotatable bonds is 5. The van der Waals surface area contributed by atoms with Crippen molar-refractivity contribution in [2.45, 2.75) is 58.7 Å². The van der Waals surface area contributed by atoms with E-state index in [1.807, 2.05) is 0 Å². The Morgan fingerprint density at radius 3 is 2.62 bits per heavy atom. The van der Waals surface area contributed by atoms with Gasteiger partial charge in [0.1, 0.15) is 0 Å². The fourth-order valence-corrected chi connectivity index (χ4v) is 2.48. The number of hydrogen-bond donors (Lipinski definition) is 1. The molecule has 0 spiro atoms. The standard InChI is InChI=1S/C13H24N2O/c1-4-9(3)12-13(16)15(8-10-6-7-10)11(5-2)14-12/h9-12,14H,4-8H2,1-3H3. The maximum Gasteiger partial charge on any atom is 0.241 e. The minimum Gasteiger partial charge on any atom is -0.326 e. The van der Waals surface area contributed by atoms with Crippen molar-refractivity contribution in [1.82, 2.24) is 10.2 Å². The largest absolute Gasteiger partial charge is 0.326 e. The lowest BCUT2D eigenvalue weighted by Crippen LogP contribution is -2.38. The Hall–Kier alpha value is -0.570. The molecule has 1 N–H and O–H groups in total. The Balaban J connectivity index is 2.01. The summed E-state index contributed by atoms with van der Waals surface area (Å²) in [5.74, 6) is 1.58. The van der Waals surface area contributed by atoms with E-state index in [4.69, 9.17) is 0 Å². The van der Waals surface area contributed by atoms with Crippen molar-refractivity contribution in [2.75, 3.05) is 6.54 Å². The monoisotopic (exact) mass is 224 g/mol. The van der Waals surface area contributed by atoms with E-state index in [0.29, 0.717) is 11.8 Å². The Kier molecular flexibility index (Phi) is 3.53. The van der Waals surface area contributed by atoms with Crippen LogP contribution in [0, 0.1) is 11.8 Å². The molecule has 1 aliphatic carbocycles. The topological polar surface area (TPSA) is 32.3 Å². The van der Waals surface area contributed by atoms with Crippen LogP contribution in [-0.2, 0) is 4.79 Å². The van der Waals surface area contributed by atoms with Crippen LogP contribution in [0.15, 0.2) is 0 Å². The Bertz CT molecular complexity index is 263. The summed E-state index contributed by atoms with van der Waals surface area (Å²) in [7, 11) is 0. The third kappa shape index (κ3) is 2.24. The third-order valence-corrected chi connectivity index (χ3v) is 4.05. The van der Waals surface area contributed by atoms with Gasteiger partial charge >= 0.3 is 0 Å². The van der Waals surface area contributed by atoms with Gasteiger partial charge < -0.3 is 4.90 Å². The first-order valence-corrected chi connectivity index (χ1v) is 6.73. The molecule has 0 bridgehead atoms. The molecule has 2 fully saturated rings. The molecule has 1 heterocycles. The highest BCUT2D eigenvalue weighted by molar-refractivity contribution is 5.84. The van der Waals surface area contributed by atoms with Crippen LogP contribution in [0.1, 0.15) is 46.5 Å². The van der Waals surface area contributed by atoms with Gasteiger partial charge in [-0.15, -0.1) is 0 Å². The third-order valence-electron chi connectivity index (χ3n) is 4.05. The second kappa shape index (κ2) is 4.74. The van der Waals surface area contributed by atoms with E-state index in [-0.39, 0.29) is 12.2 Å². The molecular weight excluding hydrogens is 200 g/mol. The van der Waals surface area contributed by atoms with Gasteiger partial charge in [-0.25, -0.2) is 0 Å². The molecule has 3 unspecified atom stereocenters. The first-order valence-electron chi connectivity index (χ1n) is 6.73. The fraction of sp³-hybridized carbons (Fsp3) is 0.923. The van der Waals surface area contributed by atoms with E-state index < -0.39 is 0 Å². The zero-order valence-corrected chi connectivity index (χ0v) is 10.7. The predicted octanol–water partition coefficient (Wildman–Crippen LogP) is 1.98. The molecule has 3 nitrogen and oxygen atoms in total. The maximum absolute atomic E-state index is 12.3. The quantitative estimate of drug-likeness (QED) is 0.774. The van der Waals surface area contributed by atoms with E-state index in [1.54, 1.807) is 0 Å². The van der Waals surface area contributed by atoms with Crippen LogP contribution in [0.5, 0.6) is 0 Å². The number of carbonyl (C=O) groups is 1. The maximum atomic E-state index is 12.3. The van der Waals surface area contributed by atoms with Crippen LogP contribution in [0.4, 0.5) is 0 Å². The average Bonchev–Trinajstić information content (AvgIpc) is 3.05. The highest BCUT2D eigenvalue weighted by Gasteiger charge is 2.41. The normalized spacial score (nSPS) is 32.2. The minimum absolute atomic E-state index is 0.0636. The molecule has 0 aromatic rings. The van der Waals surface area contributed by atoms with Crippen LogP contribution in [0.25, 0.3) is 0 Å². The van der Waals surface area contributed by atoms with E-state index in [2.05, 4.69) is 31.0 Å². The lowest BCUT2D eigenvalue weighted by Gasteiger charge is -2.22. The molecule has 16 heavy (non-hydrogen) atoms. The molecule has 3 atom stereocenters. The summed E-state index contributed by atoms with van der Waals surface area (Å²) in [6.45, 7) is 7.47. The molecule has 1 saturated carbocycles. The van der Waals surface area contributed by atoms with Gasteiger partial charge in [0.15, 0.2) is 0 Å². The molecule has 3 heteroatoms. The van der Waals surface area contributed by atoms with Crippen molar-refractivity contribution in [3.63, 3.8) is 0 Å². The molecule has 2 aliphatic rings. The lowest BCUT2D eigenvalue weighted by atomic mass is 9.99. The second-order valence-electron chi connectivity index (χ2n) is 5.39. The van der Waals surface area contributed by atoms with Crippen molar-refractivity contribution in [2.24, 2.45) is 11.8 Å². The first kappa shape index (κ1) is 11.9. The van der Waals surface area contributed by atoms with Gasteiger partial charge in [-0.05, 0) is 31.1 Å². The molecule has 2 rings (SSSR count). The van der Waals surface area contributed by atoms with Gasteiger partial charge in [0.05, 0.1) is 12.2 Å². The Morgan fingerprint density at radius 2 is 2.12 bits per heavy atom. The Morgan fingerprint density at radius 1 is 1.44 bits per heavy atom. The summed E-state index contributed by atoms with van der Waals surface area (Å²) in [5.41, 5.74) is 0. The average molecular weight is 224 g/mol. The number of amides is 1. The van der Waals surface area contributed by atoms with Crippen molar-refractivity contribution in [1.29, 1.82) is 0 Å². The van der Waals surface area contributed by atoms with Crippen molar-refractivity contribution < 1.29 is 4.79 Å². The van der Waals surface area contributed by atoms with Gasteiger partial charge in [0, 0.05) is 6.54 Å². The molecule has 0 aromatic heterocycles. The van der Waals surface area contributed by atoms with Crippen LogP contribution in [0.2, 0.25) is 0 Å².